The molecule has 208 valence electrons. The molecular formula is C28H28N10O3. The van der Waals surface area contributed by atoms with Crippen LogP contribution in [0.4, 0.5) is 27.0 Å². The van der Waals surface area contributed by atoms with Crippen molar-refractivity contribution in [3.63, 3.8) is 0 Å². The molecule has 4 rings (SSSR count). The normalized spacial score (nSPS) is 10.5. The van der Waals surface area contributed by atoms with Crippen molar-refractivity contribution in [2.75, 3.05) is 15.3 Å². The van der Waals surface area contributed by atoms with E-state index in [0.29, 0.717) is 33.3 Å². The summed E-state index contributed by atoms with van der Waals surface area (Å²) in [5.74, 6) is 11.4. The first-order valence-corrected chi connectivity index (χ1v) is 12.3. The minimum Gasteiger partial charge on any atom is -0.381 e. The van der Waals surface area contributed by atoms with Crippen LogP contribution in [-0.2, 0) is 24.5 Å². The second-order valence-electron chi connectivity index (χ2n) is 8.80. The molecule has 0 bridgehead atoms. The van der Waals surface area contributed by atoms with Gasteiger partial charge in [0.1, 0.15) is 0 Å². The van der Waals surface area contributed by atoms with Crippen LogP contribution in [0, 0.1) is 11.3 Å². The number of anilines is 3. The maximum Gasteiger partial charge on any atom is 0.336 e. The number of hydrogen-bond donors (Lipinski definition) is 5. The van der Waals surface area contributed by atoms with Crippen LogP contribution in [0.3, 0.4) is 0 Å². The van der Waals surface area contributed by atoms with Gasteiger partial charge in [0.2, 0.25) is 0 Å². The van der Waals surface area contributed by atoms with E-state index < -0.39 is 12.1 Å². The summed E-state index contributed by atoms with van der Waals surface area (Å²) >= 11 is 0. The van der Waals surface area contributed by atoms with Crippen LogP contribution in [0.2, 0.25) is 0 Å². The third-order valence-electron chi connectivity index (χ3n) is 5.98. The molecule has 9 N–H and O–H groups in total. The van der Waals surface area contributed by atoms with Crippen molar-refractivity contribution in [3.8, 4) is 17.2 Å². The van der Waals surface area contributed by atoms with Crippen LogP contribution >= 0.6 is 0 Å². The van der Waals surface area contributed by atoms with Crippen LogP contribution in [0.1, 0.15) is 22.4 Å². The Morgan fingerprint density at radius 2 is 1.49 bits per heavy atom. The fourth-order valence-corrected chi connectivity index (χ4v) is 3.86. The third kappa shape index (κ3) is 7.11. The number of hydrazine groups is 2. The van der Waals surface area contributed by atoms with Crippen LogP contribution in [0.15, 0.2) is 78.9 Å². The number of primary amides is 2. The summed E-state index contributed by atoms with van der Waals surface area (Å²) in [5, 5.41) is 13.5. The van der Waals surface area contributed by atoms with Gasteiger partial charge in [0.15, 0.2) is 5.82 Å². The van der Waals surface area contributed by atoms with Crippen LogP contribution in [-0.4, -0.2) is 22.0 Å². The molecule has 0 fully saturated rings. The second kappa shape index (κ2) is 13.0. The molecule has 0 aliphatic rings. The Hall–Kier alpha value is -5.55. The van der Waals surface area contributed by atoms with Crippen molar-refractivity contribution >= 4 is 29.5 Å². The highest BCUT2D eigenvalue weighted by atomic mass is 16.5. The van der Waals surface area contributed by atoms with Crippen molar-refractivity contribution in [2.24, 2.45) is 23.2 Å². The summed E-state index contributed by atoms with van der Waals surface area (Å²) in [5.41, 5.74) is 15.3. The lowest BCUT2D eigenvalue weighted by molar-refractivity contribution is 0.105. The van der Waals surface area contributed by atoms with Gasteiger partial charge in [-0.15, -0.1) is 0 Å². The molecule has 1 heterocycles. The highest BCUT2D eigenvalue weighted by Gasteiger charge is 2.25. The van der Waals surface area contributed by atoms with Gasteiger partial charge >= 0.3 is 12.1 Å². The molecular weight excluding hydrogens is 524 g/mol. The first-order chi connectivity index (χ1) is 19.8. The topological polar surface area (TPSA) is 216 Å². The van der Waals surface area contributed by atoms with Crippen molar-refractivity contribution in [2.45, 2.75) is 19.8 Å². The predicted octanol–water partition coefficient (Wildman–Crippen LogP) is 2.86. The number of nitriles is 1. The summed E-state index contributed by atoms with van der Waals surface area (Å²) < 4.78 is 5.91. The number of amides is 4. The molecule has 0 atom stereocenters. The molecule has 0 unspecified atom stereocenters. The van der Waals surface area contributed by atoms with E-state index in [9.17, 15) is 9.59 Å². The van der Waals surface area contributed by atoms with Gasteiger partial charge in [-0.25, -0.2) is 31.3 Å². The Morgan fingerprint density at radius 3 is 2.10 bits per heavy atom. The van der Waals surface area contributed by atoms with Crippen molar-refractivity contribution in [1.29, 1.82) is 5.26 Å². The average molecular weight is 553 g/mol. The number of benzene rings is 3. The Morgan fingerprint density at radius 1 is 0.829 bits per heavy atom. The van der Waals surface area contributed by atoms with Crippen molar-refractivity contribution in [3.05, 3.63) is 101 Å². The summed E-state index contributed by atoms with van der Waals surface area (Å²) in [6, 6.07) is 24.0. The SMILES string of the molecule is N#Cc1ccc(CNc2ccc(-c3c(COCc4ccccc4)nc(N(N)C(N)=O)nc3N(N)C(N)=O)cc2)cc1. The van der Waals surface area contributed by atoms with E-state index in [1.165, 1.54) is 0 Å². The van der Waals surface area contributed by atoms with Crippen molar-refractivity contribution < 1.29 is 14.3 Å². The highest BCUT2D eigenvalue weighted by molar-refractivity contribution is 5.95. The second-order valence-corrected chi connectivity index (χ2v) is 8.80. The molecule has 1 aromatic heterocycles. The van der Waals surface area contributed by atoms with Crippen LogP contribution in [0.25, 0.3) is 11.1 Å². The molecule has 0 spiro atoms. The van der Waals surface area contributed by atoms with E-state index in [1.54, 1.807) is 24.3 Å². The minimum atomic E-state index is -1.03. The first kappa shape index (κ1) is 28.5. The monoisotopic (exact) mass is 552 g/mol. The average Bonchev–Trinajstić information content (AvgIpc) is 3.00. The van der Waals surface area contributed by atoms with Gasteiger partial charge in [-0.3, -0.25) is 0 Å². The Kier molecular flexibility index (Phi) is 9.02. The molecule has 13 heteroatoms. The number of nitrogens with two attached hydrogens (primary N) is 4. The number of urea groups is 2. The number of nitrogens with zero attached hydrogens (tertiary/aromatic N) is 5. The number of rotatable bonds is 10. The molecule has 0 aliphatic heterocycles. The summed E-state index contributed by atoms with van der Waals surface area (Å²) in [7, 11) is 0. The molecule has 41 heavy (non-hydrogen) atoms. The predicted molar refractivity (Wildman–Crippen MR) is 153 cm³/mol. The number of carbonyl (C=O) groups is 2. The van der Waals surface area contributed by atoms with Crippen LogP contribution < -0.4 is 38.5 Å². The Bertz CT molecular complexity index is 1560. The first-order valence-electron chi connectivity index (χ1n) is 12.3. The fraction of sp³-hybridized carbons (Fsp3) is 0.107. The minimum absolute atomic E-state index is 0.0509. The van der Waals surface area contributed by atoms with E-state index in [1.807, 2.05) is 54.6 Å². The lowest BCUT2D eigenvalue weighted by Gasteiger charge is -2.22. The van der Waals surface area contributed by atoms with Gasteiger partial charge in [0.05, 0.1) is 36.1 Å². The molecule has 4 amide bonds. The fourth-order valence-electron chi connectivity index (χ4n) is 3.86. The maximum atomic E-state index is 12.1. The van der Waals surface area contributed by atoms with E-state index in [-0.39, 0.29) is 30.7 Å². The molecule has 3 aromatic carbocycles. The van der Waals surface area contributed by atoms with Gasteiger partial charge in [-0.2, -0.15) is 15.3 Å². The lowest BCUT2D eigenvalue weighted by atomic mass is 10.0. The lowest BCUT2D eigenvalue weighted by Crippen LogP contribution is -2.45. The molecule has 0 saturated heterocycles. The number of ether oxygens (including phenoxy) is 1. The third-order valence-corrected chi connectivity index (χ3v) is 5.98. The largest absolute Gasteiger partial charge is 0.381 e. The van der Waals surface area contributed by atoms with Gasteiger partial charge < -0.3 is 21.5 Å². The quantitative estimate of drug-likeness (QED) is 0.111. The zero-order valence-electron chi connectivity index (χ0n) is 21.9. The molecule has 0 aliphatic carbocycles. The van der Waals surface area contributed by atoms with E-state index in [2.05, 4.69) is 21.4 Å². The van der Waals surface area contributed by atoms with Gasteiger partial charge in [-0.05, 0) is 41.0 Å². The molecule has 4 aromatic rings. The molecule has 0 saturated carbocycles. The number of hydrogen-bond acceptors (Lipinski definition) is 9. The number of aromatic nitrogens is 2. The Labute approximate surface area is 235 Å². The number of nitrogens with one attached hydrogen (secondary N) is 1. The maximum absolute atomic E-state index is 12.1. The van der Waals surface area contributed by atoms with Gasteiger partial charge in [-0.1, -0.05) is 54.6 Å². The van der Waals surface area contributed by atoms with Crippen LogP contribution in [0.5, 0.6) is 0 Å². The van der Waals surface area contributed by atoms with E-state index in [4.69, 9.17) is 33.2 Å². The van der Waals surface area contributed by atoms with Gasteiger partial charge in [0, 0.05) is 12.2 Å². The van der Waals surface area contributed by atoms with Gasteiger partial charge in [0.25, 0.3) is 5.95 Å². The standard InChI is InChI=1S/C28H28N10O3/c29-14-18-6-8-19(9-7-18)15-34-22-12-10-21(11-13-22)24-23(17-41-16-20-4-2-1-3-5-20)35-28(38(33)27(31)40)36-25(24)37(32)26(30)39/h1-13,34H,15-17,32-33H2,(H2,30,39)(H2,31,40). The zero-order chi connectivity index (χ0) is 29.4. The van der Waals surface area contributed by atoms with E-state index in [0.717, 1.165) is 16.8 Å². The molecule has 13 nitrogen and oxygen atoms in total. The zero-order valence-corrected chi connectivity index (χ0v) is 21.9. The summed E-state index contributed by atoms with van der Waals surface area (Å²) in [6.45, 7) is 0.743. The van der Waals surface area contributed by atoms with Crippen molar-refractivity contribution in [1.82, 2.24) is 9.97 Å². The summed E-state index contributed by atoms with van der Waals surface area (Å²) in [4.78, 5) is 32.5. The number of carbonyl (C=O) groups excluding carboxylic acids is 2. The molecule has 0 radical (unpaired) electrons. The highest BCUT2D eigenvalue weighted by Crippen LogP contribution is 2.34. The summed E-state index contributed by atoms with van der Waals surface area (Å²) in [6.07, 6.45) is 0. The van der Waals surface area contributed by atoms with E-state index >= 15 is 0 Å². The Balaban J connectivity index is 1.68. The smallest absolute Gasteiger partial charge is 0.336 e.